The van der Waals surface area contributed by atoms with Crippen LogP contribution in [0.15, 0.2) is 120 Å². The summed E-state index contributed by atoms with van der Waals surface area (Å²) in [4.78, 5) is 43.6. The number of anilines is 2. The zero-order valence-electron chi connectivity index (χ0n) is 34.6. The summed E-state index contributed by atoms with van der Waals surface area (Å²) in [7, 11) is 0. The fourth-order valence-electron chi connectivity index (χ4n) is 8.17. The van der Waals surface area contributed by atoms with E-state index >= 15 is 0 Å². The van der Waals surface area contributed by atoms with Crippen LogP contribution in [0.3, 0.4) is 0 Å². The third-order valence-electron chi connectivity index (χ3n) is 11.1. The summed E-state index contributed by atoms with van der Waals surface area (Å²) in [5.74, 6) is -0.275. The molecule has 6 aromatic heterocycles. The predicted molar refractivity (Wildman–Crippen MR) is 274 cm³/mol. The first-order valence-electron chi connectivity index (χ1n) is 20.7. The number of carbonyl (C=O) groups excluding carboxylic acids is 2. The number of allylic oxidation sites excluding steroid dienone is 2. The highest BCUT2D eigenvalue weighted by atomic mass is 32.1. The summed E-state index contributed by atoms with van der Waals surface area (Å²) in [6.07, 6.45) is 5.45. The largest absolute Gasteiger partial charge is 0.308 e. The molecule has 10 rings (SSSR count). The zero-order valence-corrected chi connectivity index (χ0v) is 39.5. The fraction of sp³-hybridized carbons (Fsp3) is 0.115. The Kier molecular flexibility index (Phi) is 11.6. The highest BCUT2D eigenvalue weighted by molar-refractivity contribution is 7.25. The standard InChI is InChI=1S/C52H36N4O2S6/c1-3-21-55-39-27-31(43-17-19-47(63-43)45-15-11-35(61-45)25-33(29-53)41-7-5-23-59-41)9-13-37(39)49(51(55)57)50-38-14-10-32(28-40(38)56(22-4-2)52(50)58)44-18-20-48(64-44)46-16-12-36(62-46)26-34(30-54)42-8-6-24-60-42/h5-20,23-28H,3-4,21-22H2,1-2H3. The molecule has 312 valence electrons. The van der Waals surface area contributed by atoms with Gasteiger partial charge in [0, 0.05) is 73.0 Å². The molecule has 2 aliphatic rings. The van der Waals surface area contributed by atoms with Crippen LogP contribution in [0.5, 0.6) is 0 Å². The summed E-state index contributed by atoms with van der Waals surface area (Å²) in [6, 6.07) is 41.8. The first kappa shape index (κ1) is 41.8. The number of nitriles is 2. The molecule has 0 atom stereocenters. The number of fused-ring (bicyclic) bond motifs is 2. The Hall–Kier alpha value is -6.22. The molecular weight excluding hydrogens is 905 g/mol. The number of thiophene rings is 6. The Labute approximate surface area is 395 Å². The van der Waals surface area contributed by atoms with E-state index in [-0.39, 0.29) is 11.8 Å². The molecule has 8 heterocycles. The molecule has 0 saturated heterocycles. The van der Waals surface area contributed by atoms with Gasteiger partial charge in [-0.3, -0.25) is 9.59 Å². The minimum absolute atomic E-state index is 0.138. The number of amides is 2. The molecule has 2 aromatic carbocycles. The Morgan fingerprint density at radius 1 is 0.531 bits per heavy atom. The van der Waals surface area contributed by atoms with Crippen LogP contribution >= 0.6 is 68.0 Å². The van der Waals surface area contributed by atoms with Crippen molar-refractivity contribution in [3.63, 3.8) is 0 Å². The number of benzene rings is 2. The number of hydrogen-bond donors (Lipinski definition) is 0. The lowest BCUT2D eigenvalue weighted by Gasteiger charge is -2.17. The second-order valence-electron chi connectivity index (χ2n) is 15.2. The van der Waals surface area contributed by atoms with Gasteiger partial charge < -0.3 is 9.80 Å². The van der Waals surface area contributed by atoms with Crippen LogP contribution in [0.1, 0.15) is 57.3 Å². The molecule has 12 heteroatoms. The van der Waals surface area contributed by atoms with Crippen molar-refractivity contribution in [2.24, 2.45) is 0 Å². The summed E-state index contributed by atoms with van der Waals surface area (Å²) in [6.45, 7) is 5.22. The first-order chi connectivity index (χ1) is 31.3. The van der Waals surface area contributed by atoms with Crippen molar-refractivity contribution in [2.75, 3.05) is 22.9 Å². The Balaban J connectivity index is 0.960. The molecule has 64 heavy (non-hydrogen) atoms. The lowest BCUT2D eigenvalue weighted by atomic mass is 9.95. The van der Waals surface area contributed by atoms with Gasteiger partial charge in [0.1, 0.15) is 12.1 Å². The van der Waals surface area contributed by atoms with Crippen LogP contribution in [-0.4, -0.2) is 24.9 Å². The lowest BCUT2D eigenvalue weighted by Crippen LogP contribution is -2.29. The molecule has 6 nitrogen and oxygen atoms in total. The summed E-state index contributed by atoms with van der Waals surface area (Å²) >= 11 is 9.85. The highest BCUT2D eigenvalue weighted by Crippen LogP contribution is 2.50. The monoisotopic (exact) mass is 940 g/mol. The quantitative estimate of drug-likeness (QED) is 0.0902. The average Bonchev–Trinajstić information content (AvgIpc) is 4.17. The summed E-state index contributed by atoms with van der Waals surface area (Å²) < 4.78 is 0. The van der Waals surface area contributed by atoms with Gasteiger partial charge in [0.05, 0.1) is 33.7 Å². The first-order valence-corrected chi connectivity index (χ1v) is 25.8. The van der Waals surface area contributed by atoms with Crippen molar-refractivity contribution in [3.8, 4) is 52.5 Å². The van der Waals surface area contributed by atoms with Crippen LogP contribution in [0, 0.1) is 22.7 Å². The molecule has 0 bridgehead atoms. The van der Waals surface area contributed by atoms with E-state index < -0.39 is 0 Å². The number of hydrogen-bond acceptors (Lipinski definition) is 10. The lowest BCUT2D eigenvalue weighted by molar-refractivity contribution is -0.114. The SMILES string of the molecule is CCCN1C(=O)C(=C2C(=O)N(CCC)c3cc(-c4ccc(-c5ccc(C=C(C#N)c6cccs6)s5)s4)ccc32)c2ccc(-c3ccc(-c4ccc(C=C(C#N)c5cccs5)s4)s3)cc21. The van der Waals surface area contributed by atoms with Gasteiger partial charge in [-0.15, -0.1) is 68.0 Å². The maximum atomic E-state index is 14.6. The Bertz CT molecular complexity index is 3060. The maximum Gasteiger partial charge on any atom is 0.259 e. The molecular formula is C52H36N4O2S6. The van der Waals surface area contributed by atoms with E-state index in [2.05, 4.69) is 98.8 Å². The van der Waals surface area contributed by atoms with Crippen LogP contribution in [0.4, 0.5) is 11.4 Å². The number of nitrogens with zero attached hydrogens (tertiary/aromatic N) is 4. The van der Waals surface area contributed by atoms with Gasteiger partial charge in [-0.2, -0.15) is 10.5 Å². The predicted octanol–water partition coefficient (Wildman–Crippen LogP) is 15.3. The van der Waals surface area contributed by atoms with Gasteiger partial charge in [-0.1, -0.05) is 50.2 Å². The van der Waals surface area contributed by atoms with Crippen molar-refractivity contribution in [3.05, 3.63) is 151 Å². The molecule has 0 spiro atoms. The van der Waals surface area contributed by atoms with E-state index in [1.54, 1.807) is 68.0 Å². The number of rotatable bonds is 12. The van der Waals surface area contributed by atoms with Crippen molar-refractivity contribution < 1.29 is 9.59 Å². The second kappa shape index (κ2) is 17.7. The molecule has 2 aliphatic heterocycles. The van der Waals surface area contributed by atoms with Gasteiger partial charge in [0.15, 0.2) is 0 Å². The van der Waals surface area contributed by atoms with Crippen LogP contribution in [-0.2, 0) is 9.59 Å². The molecule has 0 N–H and O–H groups in total. The highest BCUT2D eigenvalue weighted by Gasteiger charge is 2.42. The van der Waals surface area contributed by atoms with Crippen molar-refractivity contribution >= 4 is 126 Å². The topological polar surface area (TPSA) is 88.2 Å². The second-order valence-corrected chi connectivity index (χ2v) is 21.4. The van der Waals surface area contributed by atoms with Crippen LogP contribution in [0.2, 0.25) is 0 Å². The molecule has 8 aromatic rings. The Morgan fingerprint density at radius 2 is 0.938 bits per heavy atom. The van der Waals surface area contributed by atoms with E-state index in [0.29, 0.717) is 35.4 Å². The Morgan fingerprint density at radius 3 is 1.33 bits per heavy atom. The molecule has 0 saturated carbocycles. The fourth-order valence-corrected chi connectivity index (χ4v) is 13.6. The van der Waals surface area contributed by atoms with Gasteiger partial charge in [0.2, 0.25) is 0 Å². The molecule has 0 unspecified atom stereocenters. The van der Waals surface area contributed by atoms with Crippen molar-refractivity contribution in [1.29, 1.82) is 10.5 Å². The van der Waals surface area contributed by atoms with Gasteiger partial charge in [-0.25, -0.2) is 0 Å². The molecule has 0 radical (unpaired) electrons. The third kappa shape index (κ3) is 7.66. The van der Waals surface area contributed by atoms with E-state index in [1.807, 2.05) is 69.1 Å². The average molecular weight is 941 g/mol. The smallest absolute Gasteiger partial charge is 0.259 e. The van der Waals surface area contributed by atoms with Crippen LogP contribution < -0.4 is 9.80 Å². The minimum Gasteiger partial charge on any atom is -0.308 e. The van der Waals surface area contributed by atoms with Crippen molar-refractivity contribution in [1.82, 2.24) is 0 Å². The van der Waals surface area contributed by atoms with Gasteiger partial charge >= 0.3 is 0 Å². The minimum atomic E-state index is -0.138. The third-order valence-corrected chi connectivity index (χ3v) is 17.6. The van der Waals surface area contributed by atoms with E-state index in [4.69, 9.17) is 0 Å². The number of carbonyl (C=O) groups is 2. The summed E-state index contributed by atoms with van der Waals surface area (Å²) in [5.41, 5.74) is 7.53. The maximum absolute atomic E-state index is 14.6. The van der Waals surface area contributed by atoms with E-state index in [9.17, 15) is 20.1 Å². The zero-order chi connectivity index (χ0) is 43.9. The van der Waals surface area contributed by atoms with Crippen molar-refractivity contribution in [2.45, 2.75) is 26.7 Å². The van der Waals surface area contributed by atoms with Gasteiger partial charge in [0.25, 0.3) is 11.8 Å². The molecule has 0 fully saturated rings. The molecule has 2 amide bonds. The van der Waals surface area contributed by atoms with Gasteiger partial charge in [-0.05, 0) is 120 Å². The van der Waals surface area contributed by atoms with E-state index in [0.717, 1.165) is 95.2 Å². The molecule has 0 aliphatic carbocycles. The normalized spacial score (nSPS) is 14.9. The summed E-state index contributed by atoms with van der Waals surface area (Å²) in [5, 5.41) is 23.5. The van der Waals surface area contributed by atoms with Crippen LogP contribution in [0.25, 0.3) is 74.8 Å². The van der Waals surface area contributed by atoms with E-state index in [1.165, 1.54) is 0 Å².